The van der Waals surface area contributed by atoms with Crippen molar-refractivity contribution in [2.24, 2.45) is 5.41 Å². The van der Waals surface area contributed by atoms with Crippen LogP contribution in [0.4, 0.5) is 0 Å². The summed E-state index contributed by atoms with van der Waals surface area (Å²) in [6.07, 6.45) is 3.33. The van der Waals surface area contributed by atoms with E-state index in [-0.39, 0.29) is 5.41 Å². The van der Waals surface area contributed by atoms with Gasteiger partial charge in [-0.2, -0.15) is 5.26 Å². The van der Waals surface area contributed by atoms with Crippen LogP contribution in [0.25, 0.3) is 0 Å². The molecule has 16 heavy (non-hydrogen) atoms. The molecule has 0 bridgehead atoms. The van der Waals surface area contributed by atoms with Crippen LogP contribution in [0.2, 0.25) is 0 Å². The lowest BCUT2D eigenvalue weighted by molar-refractivity contribution is 0.206. The SMILES string of the molecule is Cc1ccc(CNCC2(C#N)CCC2)cc1. The van der Waals surface area contributed by atoms with E-state index in [9.17, 15) is 0 Å². The van der Waals surface area contributed by atoms with Crippen LogP contribution in [0.15, 0.2) is 24.3 Å². The lowest BCUT2D eigenvalue weighted by atomic mass is 9.70. The first-order chi connectivity index (χ1) is 7.74. The predicted octanol–water partition coefficient (Wildman–Crippen LogP) is 2.78. The van der Waals surface area contributed by atoms with Crippen LogP contribution in [0, 0.1) is 23.7 Å². The molecule has 0 amide bonds. The molecule has 0 aromatic heterocycles. The van der Waals surface area contributed by atoms with Gasteiger partial charge in [-0.05, 0) is 25.3 Å². The highest BCUT2D eigenvalue weighted by Crippen LogP contribution is 2.39. The zero-order valence-electron chi connectivity index (χ0n) is 9.79. The van der Waals surface area contributed by atoms with E-state index in [0.29, 0.717) is 0 Å². The van der Waals surface area contributed by atoms with Crippen molar-refractivity contribution in [2.45, 2.75) is 32.7 Å². The average molecular weight is 214 g/mol. The minimum absolute atomic E-state index is 0.0648. The second-order valence-electron chi connectivity index (χ2n) is 4.83. The van der Waals surface area contributed by atoms with Gasteiger partial charge in [-0.1, -0.05) is 36.2 Å². The molecule has 1 aliphatic carbocycles. The third-order valence-corrected chi connectivity index (χ3v) is 3.46. The zero-order chi connectivity index (χ0) is 11.4. The highest BCUT2D eigenvalue weighted by atomic mass is 14.9. The Labute approximate surface area is 97.3 Å². The smallest absolute Gasteiger partial charge is 0.0703 e. The largest absolute Gasteiger partial charge is 0.311 e. The monoisotopic (exact) mass is 214 g/mol. The van der Waals surface area contributed by atoms with Crippen molar-refractivity contribution in [1.82, 2.24) is 5.32 Å². The lowest BCUT2D eigenvalue weighted by Crippen LogP contribution is -2.38. The van der Waals surface area contributed by atoms with Gasteiger partial charge < -0.3 is 5.32 Å². The van der Waals surface area contributed by atoms with Gasteiger partial charge >= 0.3 is 0 Å². The summed E-state index contributed by atoms with van der Waals surface area (Å²) >= 11 is 0. The Morgan fingerprint density at radius 2 is 2.00 bits per heavy atom. The number of aryl methyl sites for hydroxylation is 1. The van der Waals surface area contributed by atoms with Crippen LogP contribution in [0.3, 0.4) is 0 Å². The first kappa shape index (κ1) is 11.2. The van der Waals surface area contributed by atoms with Crippen molar-refractivity contribution in [3.05, 3.63) is 35.4 Å². The summed E-state index contributed by atoms with van der Waals surface area (Å²) in [5, 5.41) is 12.5. The molecule has 0 unspecified atom stereocenters. The molecule has 0 saturated heterocycles. The van der Waals surface area contributed by atoms with Gasteiger partial charge in [0.25, 0.3) is 0 Å². The van der Waals surface area contributed by atoms with Crippen molar-refractivity contribution in [2.75, 3.05) is 6.54 Å². The van der Waals surface area contributed by atoms with E-state index in [2.05, 4.69) is 42.6 Å². The zero-order valence-corrected chi connectivity index (χ0v) is 9.79. The van der Waals surface area contributed by atoms with Crippen molar-refractivity contribution < 1.29 is 0 Å². The minimum atomic E-state index is -0.0648. The summed E-state index contributed by atoms with van der Waals surface area (Å²) in [6.45, 7) is 3.79. The summed E-state index contributed by atoms with van der Waals surface area (Å²) in [4.78, 5) is 0. The number of benzene rings is 1. The number of nitriles is 1. The van der Waals surface area contributed by atoms with E-state index in [4.69, 9.17) is 5.26 Å². The Morgan fingerprint density at radius 3 is 2.50 bits per heavy atom. The summed E-state index contributed by atoms with van der Waals surface area (Å²) in [5.74, 6) is 0. The number of hydrogen-bond donors (Lipinski definition) is 1. The van der Waals surface area contributed by atoms with E-state index in [1.165, 1.54) is 17.5 Å². The molecule has 1 aromatic rings. The third-order valence-electron chi connectivity index (χ3n) is 3.46. The van der Waals surface area contributed by atoms with E-state index in [1.807, 2.05) is 0 Å². The first-order valence-corrected chi connectivity index (χ1v) is 5.92. The molecule has 2 nitrogen and oxygen atoms in total. The number of rotatable bonds is 4. The van der Waals surface area contributed by atoms with Crippen LogP contribution >= 0.6 is 0 Å². The maximum atomic E-state index is 9.08. The molecule has 1 aromatic carbocycles. The van der Waals surface area contributed by atoms with E-state index >= 15 is 0 Å². The Bertz CT molecular complexity index is 382. The van der Waals surface area contributed by atoms with Gasteiger partial charge in [0.15, 0.2) is 0 Å². The second kappa shape index (κ2) is 4.67. The number of hydrogen-bond acceptors (Lipinski definition) is 2. The molecule has 1 N–H and O–H groups in total. The molecule has 1 aliphatic rings. The maximum absolute atomic E-state index is 9.08. The summed E-state index contributed by atoms with van der Waals surface area (Å²) in [7, 11) is 0. The van der Waals surface area contributed by atoms with E-state index in [1.54, 1.807) is 0 Å². The number of nitrogens with one attached hydrogen (secondary N) is 1. The van der Waals surface area contributed by atoms with Crippen LogP contribution in [0.1, 0.15) is 30.4 Å². The van der Waals surface area contributed by atoms with Crippen LogP contribution < -0.4 is 5.32 Å². The van der Waals surface area contributed by atoms with Crippen molar-refractivity contribution in [3.63, 3.8) is 0 Å². The van der Waals surface area contributed by atoms with Crippen LogP contribution in [0.5, 0.6) is 0 Å². The Kier molecular flexibility index (Phi) is 3.26. The molecule has 0 atom stereocenters. The Balaban J connectivity index is 1.80. The fourth-order valence-electron chi connectivity index (χ4n) is 2.08. The van der Waals surface area contributed by atoms with Gasteiger partial charge in [-0.25, -0.2) is 0 Å². The van der Waals surface area contributed by atoms with E-state index in [0.717, 1.165) is 25.9 Å². The third kappa shape index (κ3) is 2.43. The molecule has 1 fully saturated rings. The Hall–Kier alpha value is -1.33. The first-order valence-electron chi connectivity index (χ1n) is 5.92. The molecule has 2 heteroatoms. The van der Waals surface area contributed by atoms with Crippen LogP contribution in [-0.2, 0) is 6.54 Å². The topological polar surface area (TPSA) is 35.8 Å². The van der Waals surface area contributed by atoms with Crippen molar-refractivity contribution >= 4 is 0 Å². The molecular weight excluding hydrogens is 196 g/mol. The fraction of sp³-hybridized carbons (Fsp3) is 0.500. The maximum Gasteiger partial charge on any atom is 0.0703 e. The molecular formula is C14H18N2. The second-order valence-corrected chi connectivity index (χ2v) is 4.83. The lowest BCUT2D eigenvalue weighted by Gasteiger charge is -2.35. The molecule has 0 radical (unpaired) electrons. The molecule has 1 saturated carbocycles. The van der Waals surface area contributed by atoms with Crippen molar-refractivity contribution in [3.8, 4) is 6.07 Å². The molecule has 0 heterocycles. The quantitative estimate of drug-likeness (QED) is 0.836. The van der Waals surface area contributed by atoms with Gasteiger partial charge in [-0.15, -0.1) is 0 Å². The molecule has 84 valence electrons. The van der Waals surface area contributed by atoms with Crippen LogP contribution in [-0.4, -0.2) is 6.54 Å². The highest BCUT2D eigenvalue weighted by Gasteiger charge is 2.36. The van der Waals surface area contributed by atoms with Crippen molar-refractivity contribution in [1.29, 1.82) is 5.26 Å². The molecule has 2 rings (SSSR count). The summed E-state index contributed by atoms with van der Waals surface area (Å²) < 4.78 is 0. The molecule has 0 aliphatic heterocycles. The fourth-order valence-corrected chi connectivity index (χ4v) is 2.08. The number of nitrogens with zero attached hydrogens (tertiary/aromatic N) is 1. The minimum Gasteiger partial charge on any atom is -0.311 e. The average Bonchev–Trinajstić information content (AvgIpc) is 2.25. The highest BCUT2D eigenvalue weighted by molar-refractivity contribution is 5.21. The van der Waals surface area contributed by atoms with Gasteiger partial charge in [0.2, 0.25) is 0 Å². The molecule has 0 spiro atoms. The van der Waals surface area contributed by atoms with Gasteiger partial charge in [0.05, 0.1) is 11.5 Å². The standard InChI is InChI=1S/C14H18N2/c1-12-3-5-13(6-4-12)9-16-11-14(10-15)7-2-8-14/h3-6,16H,2,7-9,11H2,1H3. The predicted molar refractivity (Wildman–Crippen MR) is 64.8 cm³/mol. The summed E-state index contributed by atoms with van der Waals surface area (Å²) in [6, 6.07) is 11.0. The van der Waals surface area contributed by atoms with E-state index < -0.39 is 0 Å². The summed E-state index contributed by atoms with van der Waals surface area (Å²) in [5.41, 5.74) is 2.51. The Morgan fingerprint density at radius 1 is 1.31 bits per heavy atom. The van der Waals surface area contributed by atoms with Gasteiger partial charge in [0.1, 0.15) is 0 Å². The normalized spacial score (nSPS) is 17.5. The van der Waals surface area contributed by atoms with Gasteiger partial charge in [0, 0.05) is 13.1 Å². The van der Waals surface area contributed by atoms with Gasteiger partial charge in [-0.3, -0.25) is 0 Å².